The molecule has 1 aromatic carbocycles. The smallest absolute Gasteiger partial charge is 0.243 e. The summed E-state index contributed by atoms with van der Waals surface area (Å²) in [6.45, 7) is 0.282. The molecule has 0 aliphatic carbocycles. The van der Waals surface area contributed by atoms with Crippen LogP contribution in [-0.2, 0) is 14.8 Å². The third kappa shape index (κ3) is 3.02. The highest BCUT2D eigenvalue weighted by Crippen LogP contribution is 2.32. The molecule has 0 saturated carbocycles. The van der Waals surface area contributed by atoms with Crippen LogP contribution in [0.1, 0.15) is 19.3 Å². The van der Waals surface area contributed by atoms with Crippen LogP contribution in [0.5, 0.6) is 11.5 Å². The van der Waals surface area contributed by atoms with E-state index < -0.39 is 22.0 Å². The van der Waals surface area contributed by atoms with Gasteiger partial charge < -0.3 is 15.2 Å². The fourth-order valence-corrected chi connectivity index (χ4v) is 4.27. The Hall–Kier alpha value is -1.80. The maximum Gasteiger partial charge on any atom is 0.243 e. The number of nitrogens with two attached hydrogens (primary N) is 1. The number of hydrogen-bond acceptors (Lipinski definition) is 5. The normalized spacial score (nSPS) is 19.6. The van der Waals surface area contributed by atoms with E-state index in [1.54, 1.807) is 0 Å². The molecule has 7 nitrogen and oxygen atoms in total. The summed E-state index contributed by atoms with van der Waals surface area (Å²) in [5.74, 6) is 0.131. The van der Waals surface area contributed by atoms with Crippen LogP contribution in [0.4, 0.5) is 0 Å². The molecule has 2 rings (SSSR count). The van der Waals surface area contributed by atoms with Gasteiger partial charge in [0.2, 0.25) is 15.9 Å². The number of piperidine rings is 1. The third-order valence-corrected chi connectivity index (χ3v) is 5.65. The highest BCUT2D eigenvalue weighted by atomic mass is 32.2. The van der Waals surface area contributed by atoms with Gasteiger partial charge in [0.05, 0.1) is 19.1 Å². The van der Waals surface area contributed by atoms with Crippen molar-refractivity contribution in [3.63, 3.8) is 0 Å². The van der Waals surface area contributed by atoms with E-state index in [-0.39, 0.29) is 11.4 Å². The molecule has 1 saturated heterocycles. The number of methoxy groups -OCH3 is 2. The number of nitrogens with zero attached hydrogens (tertiary/aromatic N) is 1. The van der Waals surface area contributed by atoms with Gasteiger partial charge in [0.25, 0.3) is 0 Å². The van der Waals surface area contributed by atoms with Gasteiger partial charge in [-0.1, -0.05) is 6.42 Å². The fraction of sp³-hybridized carbons (Fsp3) is 0.500. The van der Waals surface area contributed by atoms with Crippen LogP contribution in [0.2, 0.25) is 0 Å². The first-order valence-corrected chi connectivity index (χ1v) is 8.39. The predicted molar refractivity (Wildman–Crippen MR) is 80.3 cm³/mol. The molecular formula is C14H20N2O5S. The molecular weight excluding hydrogens is 308 g/mol. The van der Waals surface area contributed by atoms with Crippen molar-refractivity contribution in [2.45, 2.75) is 30.2 Å². The lowest BCUT2D eigenvalue weighted by atomic mass is 10.0. The molecule has 0 bridgehead atoms. The molecule has 0 radical (unpaired) electrons. The van der Waals surface area contributed by atoms with E-state index in [1.165, 1.54) is 36.7 Å². The first kappa shape index (κ1) is 16.6. The largest absolute Gasteiger partial charge is 0.493 e. The predicted octanol–water partition coefficient (Wildman–Crippen LogP) is 0.732. The zero-order valence-corrected chi connectivity index (χ0v) is 13.4. The Morgan fingerprint density at radius 3 is 2.50 bits per heavy atom. The molecule has 1 atom stereocenters. The highest BCUT2D eigenvalue weighted by molar-refractivity contribution is 7.89. The number of ether oxygens (including phenoxy) is 2. The van der Waals surface area contributed by atoms with Crippen molar-refractivity contribution in [2.75, 3.05) is 20.8 Å². The van der Waals surface area contributed by atoms with Crippen molar-refractivity contribution in [3.05, 3.63) is 18.2 Å². The first-order valence-electron chi connectivity index (χ1n) is 6.95. The molecule has 1 fully saturated rings. The minimum absolute atomic E-state index is 0.0540. The molecule has 1 aromatic rings. The van der Waals surface area contributed by atoms with E-state index in [0.717, 1.165) is 6.42 Å². The number of sulfonamides is 1. The molecule has 0 spiro atoms. The number of hydrogen-bond donors (Lipinski definition) is 1. The molecule has 0 aromatic heterocycles. The molecule has 8 heteroatoms. The second-order valence-corrected chi connectivity index (χ2v) is 6.94. The van der Waals surface area contributed by atoms with Crippen molar-refractivity contribution >= 4 is 15.9 Å². The van der Waals surface area contributed by atoms with E-state index in [9.17, 15) is 13.2 Å². The van der Waals surface area contributed by atoms with Crippen LogP contribution in [-0.4, -0.2) is 45.4 Å². The van der Waals surface area contributed by atoms with Crippen LogP contribution in [0.3, 0.4) is 0 Å². The van der Waals surface area contributed by atoms with E-state index in [0.29, 0.717) is 24.3 Å². The molecule has 2 N–H and O–H groups in total. The highest BCUT2D eigenvalue weighted by Gasteiger charge is 2.36. The van der Waals surface area contributed by atoms with Crippen LogP contribution < -0.4 is 15.2 Å². The van der Waals surface area contributed by atoms with Gasteiger partial charge in [0.1, 0.15) is 6.04 Å². The van der Waals surface area contributed by atoms with Gasteiger partial charge in [-0.2, -0.15) is 4.31 Å². The van der Waals surface area contributed by atoms with Gasteiger partial charge in [-0.3, -0.25) is 4.79 Å². The number of benzene rings is 1. The van der Waals surface area contributed by atoms with Gasteiger partial charge in [-0.25, -0.2) is 8.42 Å². The van der Waals surface area contributed by atoms with Crippen molar-refractivity contribution in [1.82, 2.24) is 4.31 Å². The summed E-state index contributed by atoms with van der Waals surface area (Å²) in [6, 6.07) is 3.55. The van der Waals surface area contributed by atoms with Gasteiger partial charge in [-0.05, 0) is 25.0 Å². The molecule has 122 valence electrons. The minimum Gasteiger partial charge on any atom is -0.493 e. The standard InChI is InChI=1S/C14H20N2O5S/c1-20-12-7-6-10(9-13(12)21-2)22(18,19)16-8-4-3-5-11(16)14(15)17/h6-7,9,11H,3-5,8H2,1-2H3,(H2,15,17)/t11-/m1/s1. The van der Waals surface area contributed by atoms with Crippen LogP contribution in [0.25, 0.3) is 0 Å². The summed E-state index contributed by atoms with van der Waals surface area (Å²) in [7, 11) is -0.913. The zero-order chi connectivity index (χ0) is 16.3. The molecule has 1 aliphatic rings. The molecule has 1 aliphatic heterocycles. The Balaban J connectivity index is 2.42. The SMILES string of the molecule is COc1ccc(S(=O)(=O)N2CCCC[C@@H]2C(N)=O)cc1OC. The van der Waals surface area contributed by atoms with Crippen molar-refractivity contribution in [1.29, 1.82) is 0 Å². The summed E-state index contributed by atoms with van der Waals surface area (Å²) < 4.78 is 37.0. The summed E-state index contributed by atoms with van der Waals surface area (Å²) in [5, 5.41) is 0. The lowest BCUT2D eigenvalue weighted by Gasteiger charge is -2.32. The monoisotopic (exact) mass is 328 g/mol. The average molecular weight is 328 g/mol. The number of carbonyl (C=O) groups excluding carboxylic acids is 1. The van der Waals surface area contributed by atoms with Crippen molar-refractivity contribution in [2.24, 2.45) is 5.73 Å². The van der Waals surface area contributed by atoms with Crippen LogP contribution in [0, 0.1) is 0 Å². The number of amides is 1. The number of primary amides is 1. The van der Waals surface area contributed by atoms with Crippen LogP contribution >= 0.6 is 0 Å². The molecule has 0 unspecified atom stereocenters. The third-order valence-electron chi connectivity index (χ3n) is 3.74. The second kappa shape index (κ2) is 6.53. The molecule has 22 heavy (non-hydrogen) atoms. The lowest BCUT2D eigenvalue weighted by Crippen LogP contribution is -2.50. The van der Waals surface area contributed by atoms with Crippen molar-refractivity contribution < 1.29 is 22.7 Å². The Kier molecular flexibility index (Phi) is 4.92. The van der Waals surface area contributed by atoms with E-state index in [2.05, 4.69) is 0 Å². The Morgan fingerprint density at radius 2 is 1.91 bits per heavy atom. The minimum atomic E-state index is -3.82. The summed E-state index contributed by atoms with van der Waals surface area (Å²) in [6.07, 6.45) is 1.93. The quantitative estimate of drug-likeness (QED) is 0.859. The van der Waals surface area contributed by atoms with Gasteiger partial charge >= 0.3 is 0 Å². The van der Waals surface area contributed by atoms with Gasteiger partial charge in [-0.15, -0.1) is 0 Å². The van der Waals surface area contributed by atoms with Crippen molar-refractivity contribution in [3.8, 4) is 11.5 Å². The summed E-state index contributed by atoms with van der Waals surface area (Å²) in [4.78, 5) is 11.6. The maximum absolute atomic E-state index is 12.8. The first-order chi connectivity index (χ1) is 10.4. The fourth-order valence-electron chi connectivity index (χ4n) is 2.59. The topological polar surface area (TPSA) is 98.9 Å². The Labute approximate surface area is 130 Å². The average Bonchev–Trinajstić information content (AvgIpc) is 2.54. The summed E-state index contributed by atoms with van der Waals surface area (Å²) >= 11 is 0. The summed E-state index contributed by atoms with van der Waals surface area (Å²) in [5.41, 5.74) is 5.34. The van der Waals surface area contributed by atoms with E-state index >= 15 is 0 Å². The maximum atomic E-state index is 12.8. The van der Waals surface area contributed by atoms with Gasteiger partial charge in [0.15, 0.2) is 11.5 Å². The Bertz CT molecular complexity index is 659. The Morgan fingerprint density at radius 1 is 1.23 bits per heavy atom. The van der Waals surface area contributed by atoms with Gasteiger partial charge in [0, 0.05) is 12.6 Å². The van der Waals surface area contributed by atoms with E-state index in [4.69, 9.17) is 15.2 Å². The second-order valence-electron chi connectivity index (χ2n) is 5.05. The molecule has 1 amide bonds. The molecule has 1 heterocycles. The number of rotatable bonds is 5. The lowest BCUT2D eigenvalue weighted by molar-refractivity contribution is -0.122. The van der Waals surface area contributed by atoms with Crippen LogP contribution in [0.15, 0.2) is 23.1 Å². The number of carbonyl (C=O) groups is 1. The zero-order valence-electron chi connectivity index (χ0n) is 12.6. The van der Waals surface area contributed by atoms with E-state index in [1.807, 2.05) is 0 Å².